The standard InChI is InChI=1S/C70H52N2/c1-5-13-57(14-6-1)61-33-45-67(46-34-61)71(68-47-35-62(36-48-68)58-15-7-2-8-16-58)65-41-29-55(30-42-65)27-25-53-21-23-54(24-22-53)26-28-56-31-43-66(44-32-56)72(69-49-37-63(38-50-69)59-17-9-3-10-18-59)70-51-39-64(40-52-70)60-19-11-4-12-20-60/h1-52H/b27-25+,28-26+. The molecule has 0 amide bonds. The van der Waals surface area contributed by atoms with Gasteiger partial charge in [-0.1, -0.05) is 243 Å². The number of anilines is 6. The quantitative estimate of drug-likeness (QED) is 0.100. The number of benzene rings is 11. The van der Waals surface area contributed by atoms with Crippen LogP contribution in [0.4, 0.5) is 34.1 Å². The van der Waals surface area contributed by atoms with Gasteiger partial charge < -0.3 is 9.80 Å². The fraction of sp³-hybridized carbons (Fsp3) is 0. The number of rotatable bonds is 14. The zero-order chi connectivity index (χ0) is 48.3. The van der Waals surface area contributed by atoms with Crippen LogP contribution in [0.25, 0.3) is 68.8 Å². The number of hydrogen-bond donors (Lipinski definition) is 0. The zero-order valence-corrected chi connectivity index (χ0v) is 39.9. The van der Waals surface area contributed by atoms with E-state index in [2.05, 4.69) is 325 Å². The number of hydrogen-bond acceptors (Lipinski definition) is 2. The Hall–Kier alpha value is -9.50. The highest BCUT2D eigenvalue weighted by Crippen LogP contribution is 2.39. The van der Waals surface area contributed by atoms with Crippen molar-refractivity contribution in [2.75, 3.05) is 9.80 Å². The summed E-state index contributed by atoms with van der Waals surface area (Å²) in [6.07, 6.45) is 8.73. The molecule has 0 radical (unpaired) electrons. The van der Waals surface area contributed by atoms with E-state index >= 15 is 0 Å². The second kappa shape index (κ2) is 21.4. The molecular formula is C70H52N2. The lowest BCUT2D eigenvalue weighted by Gasteiger charge is -2.26. The van der Waals surface area contributed by atoms with Crippen molar-refractivity contribution in [3.05, 3.63) is 313 Å². The summed E-state index contributed by atoms with van der Waals surface area (Å²) < 4.78 is 0. The first-order valence-corrected chi connectivity index (χ1v) is 24.6. The van der Waals surface area contributed by atoms with Crippen molar-refractivity contribution in [1.82, 2.24) is 0 Å². The smallest absolute Gasteiger partial charge is 0.0462 e. The molecule has 0 saturated heterocycles. The highest BCUT2D eigenvalue weighted by atomic mass is 15.1. The fourth-order valence-corrected chi connectivity index (χ4v) is 9.20. The van der Waals surface area contributed by atoms with Crippen molar-refractivity contribution in [3.63, 3.8) is 0 Å². The summed E-state index contributed by atoms with van der Waals surface area (Å²) in [7, 11) is 0. The molecule has 0 aliphatic rings. The maximum atomic E-state index is 2.32. The van der Waals surface area contributed by atoms with Crippen LogP contribution >= 0.6 is 0 Å². The van der Waals surface area contributed by atoms with E-state index in [0.29, 0.717) is 0 Å². The molecule has 0 heterocycles. The van der Waals surface area contributed by atoms with Crippen LogP contribution in [0.1, 0.15) is 22.3 Å². The van der Waals surface area contributed by atoms with E-state index in [1.165, 1.54) is 44.5 Å². The molecule has 0 aromatic heterocycles. The maximum Gasteiger partial charge on any atom is 0.0462 e. The molecule has 0 unspecified atom stereocenters. The highest BCUT2D eigenvalue weighted by Gasteiger charge is 2.15. The Bertz CT molecular complexity index is 3100. The molecule has 0 saturated carbocycles. The third kappa shape index (κ3) is 10.5. The number of nitrogens with zero attached hydrogens (tertiary/aromatic N) is 2. The summed E-state index contributed by atoms with van der Waals surface area (Å²) in [5, 5.41) is 0. The van der Waals surface area contributed by atoms with Gasteiger partial charge in [-0.15, -0.1) is 0 Å². The van der Waals surface area contributed by atoms with Crippen LogP contribution in [0.2, 0.25) is 0 Å². The average molecular weight is 921 g/mol. The van der Waals surface area contributed by atoms with Gasteiger partial charge in [0.1, 0.15) is 0 Å². The predicted octanol–water partition coefficient (Wildman–Crippen LogP) is 19.6. The van der Waals surface area contributed by atoms with Gasteiger partial charge in [-0.2, -0.15) is 0 Å². The van der Waals surface area contributed by atoms with E-state index in [1.54, 1.807) is 0 Å². The van der Waals surface area contributed by atoms with Crippen molar-refractivity contribution in [1.29, 1.82) is 0 Å². The lowest BCUT2D eigenvalue weighted by atomic mass is 10.0. The molecule has 0 bridgehead atoms. The van der Waals surface area contributed by atoms with Gasteiger partial charge in [0.15, 0.2) is 0 Å². The summed E-state index contributed by atoms with van der Waals surface area (Å²) >= 11 is 0. The van der Waals surface area contributed by atoms with Gasteiger partial charge in [-0.3, -0.25) is 0 Å². The molecule has 2 heteroatoms. The Labute approximate surface area is 424 Å². The molecule has 11 aromatic carbocycles. The van der Waals surface area contributed by atoms with E-state index in [1.807, 2.05) is 0 Å². The minimum atomic E-state index is 1.10. The SMILES string of the molecule is C(=C\c1ccc(N(c2ccc(-c3ccccc3)cc2)c2ccc(-c3ccccc3)cc2)cc1)/c1ccc(/C=C/c2ccc(N(c3ccc(-c4ccccc4)cc3)c3ccc(-c4ccccc4)cc3)cc2)cc1. The van der Waals surface area contributed by atoms with Crippen molar-refractivity contribution >= 4 is 58.4 Å². The van der Waals surface area contributed by atoms with E-state index < -0.39 is 0 Å². The molecule has 0 N–H and O–H groups in total. The highest BCUT2D eigenvalue weighted by molar-refractivity contribution is 5.83. The lowest BCUT2D eigenvalue weighted by Crippen LogP contribution is -2.09. The van der Waals surface area contributed by atoms with Crippen molar-refractivity contribution < 1.29 is 0 Å². The summed E-state index contributed by atoms with van der Waals surface area (Å²) in [4.78, 5) is 4.65. The first kappa shape index (κ1) is 45.0. The minimum Gasteiger partial charge on any atom is -0.311 e. The van der Waals surface area contributed by atoms with Crippen LogP contribution in [0.3, 0.4) is 0 Å². The monoisotopic (exact) mass is 920 g/mol. The Morgan fingerprint density at radius 1 is 0.153 bits per heavy atom. The topological polar surface area (TPSA) is 6.48 Å². The molecule has 0 spiro atoms. The first-order valence-electron chi connectivity index (χ1n) is 24.6. The van der Waals surface area contributed by atoms with E-state index in [-0.39, 0.29) is 0 Å². The Morgan fingerprint density at radius 2 is 0.306 bits per heavy atom. The van der Waals surface area contributed by atoms with Crippen LogP contribution < -0.4 is 9.80 Å². The van der Waals surface area contributed by atoms with E-state index in [9.17, 15) is 0 Å². The van der Waals surface area contributed by atoms with Crippen LogP contribution in [0.5, 0.6) is 0 Å². The van der Waals surface area contributed by atoms with Crippen LogP contribution in [0.15, 0.2) is 291 Å². The van der Waals surface area contributed by atoms with Gasteiger partial charge in [0.2, 0.25) is 0 Å². The molecule has 0 aliphatic carbocycles. The maximum absolute atomic E-state index is 2.32. The molecule has 0 aliphatic heterocycles. The second-order valence-electron chi connectivity index (χ2n) is 17.8. The molecule has 72 heavy (non-hydrogen) atoms. The van der Waals surface area contributed by atoms with Crippen LogP contribution in [-0.2, 0) is 0 Å². The Balaban J connectivity index is 0.780. The van der Waals surface area contributed by atoms with Crippen LogP contribution in [-0.4, -0.2) is 0 Å². The van der Waals surface area contributed by atoms with E-state index in [0.717, 1.165) is 56.4 Å². The van der Waals surface area contributed by atoms with Crippen molar-refractivity contribution in [2.45, 2.75) is 0 Å². The molecule has 0 fully saturated rings. The van der Waals surface area contributed by atoms with Crippen molar-refractivity contribution in [2.24, 2.45) is 0 Å². The summed E-state index contributed by atoms with van der Waals surface area (Å²) in [5.41, 5.74) is 20.8. The molecule has 11 rings (SSSR count). The molecule has 2 nitrogen and oxygen atoms in total. The van der Waals surface area contributed by atoms with Gasteiger partial charge in [0.05, 0.1) is 0 Å². The Kier molecular flexibility index (Phi) is 13.4. The fourth-order valence-electron chi connectivity index (χ4n) is 9.20. The molecule has 342 valence electrons. The zero-order valence-electron chi connectivity index (χ0n) is 39.9. The molecule has 11 aromatic rings. The van der Waals surface area contributed by atoms with Crippen molar-refractivity contribution in [3.8, 4) is 44.5 Å². The van der Waals surface area contributed by atoms with Gasteiger partial charge >= 0.3 is 0 Å². The Morgan fingerprint density at radius 3 is 0.500 bits per heavy atom. The normalized spacial score (nSPS) is 11.2. The van der Waals surface area contributed by atoms with Gasteiger partial charge in [-0.25, -0.2) is 0 Å². The van der Waals surface area contributed by atoms with Gasteiger partial charge in [0, 0.05) is 34.1 Å². The minimum absolute atomic E-state index is 1.10. The first-order chi connectivity index (χ1) is 35.7. The summed E-state index contributed by atoms with van der Waals surface area (Å²) in [5.74, 6) is 0. The average Bonchev–Trinajstić information content (AvgIpc) is 3.47. The third-order valence-corrected chi connectivity index (χ3v) is 13.1. The third-order valence-electron chi connectivity index (χ3n) is 13.1. The molecule has 0 atom stereocenters. The summed E-state index contributed by atoms with van der Waals surface area (Å²) in [6, 6.07) is 104. The largest absolute Gasteiger partial charge is 0.311 e. The predicted molar refractivity (Wildman–Crippen MR) is 308 cm³/mol. The second-order valence-corrected chi connectivity index (χ2v) is 17.8. The van der Waals surface area contributed by atoms with Gasteiger partial charge in [-0.05, 0) is 140 Å². The lowest BCUT2D eigenvalue weighted by molar-refractivity contribution is 1.28. The van der Waals surface area contributed by atoms with Gasteiger partial charge in [0.25, 0.3) is 0 Å². The van der Waals surface area contributed by atoms with E-state index in [4.69, 9.17) is 0 Å². The van der Waals surface area contributed by atoms with Crippen LogP contribution in [0, 0.1) is 0 Å². The summed E-state index contributed by atoms with van der Waals surface area (Å²) in [6.45, 7) is 0. The molecular weight excluding hydrogens is 869 g/mol.